The molecule has 0 atom stereocenters. The minimum absolute atomic E-state index is 0.538. The summed E-state index contributed by atoms with van der Waals surface area (Å²) in [7, 11) is 0. The Morgan fingerprint density at radius 3 is 2.48 bits per heavy atom. The lowest BCUT2D eigenvalue weighted by molar-refractivity contribution is 0.432. The van der Waals surface area contributed by atoms with Crippen molar-refractivity contribution in [2.24, 2.45) is 0 Å². The first kappa shape index (κ1) is 17.9. The first-order chi connectivity index (χ1) is 12.3. The van der Waals surface area contributed by atoms with Crippen molar-refractivity contribution in [1.82, 2.24) is 10.1 Å². The number of aryl methyl sites for hydroxylation is 1. The lowest BCUT2D eigenvalue weighted by atomic mass is 10.0. The molecule has 0 unspecified atom stereocenters. The number of rotatable bonds is 8. The Morgan fingerprint density at radius 1 is 0.920 bits per heavy atom. The van der Waals surface area contributed by atoms with Gasteiger partial charge in [0, 0.05) is 15.6 Å². The third-order valence-electron chi connectivity index (χ3n) is 4.28. The minimum Gasteiger partial charge on any atom is -0.334 e. The maximum atomic E-state index is 5.41. The molecule has 0 saturated carbocycles. The molecule has 3 nitrogen and oxygen atoms in total. The second kappa shape index (κ2) is 8.95. The molecule has 130 valence electrons. The largest absolute Gasteiger partial charge is 0.334 e. The zero-order valence-corrected chi connectivity index (χ0v) is 16.1. The number of unbranched alkanes of at least 4 members (excludes halogenated alkanes) is 4. The maximum Gasteiger partial charge on any atom is 0.258 e. The highest BCUT2D eigenvalue weighted by Crippen LogP contribution is 2.24. The molecular weight excluding hydrogens is 376 g/mol. The van der Waals surface area contributed by atoms with Gasteiger partial charge in [-0.3, -0.25) is 0 Å². The van der Waals surface area contributed by atoms with Crippen molar-refractivity contribution >= 4 is 15.9 Å². The van der Waals surface area contributed by atoms with Gasteiger partial charge in [0.15, 0.2) is 0 Å². The van der Waals surface area contributed by atoms with Gasteiger partial charge in [-0.1, -0.05) is 84.0 Å². The standard InChI is InChI=1S/C21H23BrN2O/c1-2-3-4-5-6-8-16-11-13-17(14-12-16)20-23-21(25-24-20)18-9-7-10-19(22)15-18/h7,9-15H,2-6,8H2,1H3. The highest BCUT2D eigenvalue weighted by atomic mass is 79.9. The number of hydrogen-bond acceptors (Lipinski definition) is 3. The van der Waals surface area contributed by atoms with E-state index in [-0.39, 0.29) is 0 Å². The summed E-state index contributed by atoms with van der Waals surface area (Å²) >= 11 is 3.46. The number of halogens is 1. The first-order valence-electron chi connectivity index (χ1n) is 8.95. The van der Waals surface area contributed by atoms with E-state index in [4.69, 9.17) is 4.52 Å². The van der Waals surface area contributed by atoms with Crippen molar-refractivity contribution < 1.29 is 4.52 Å². The Hall–Kier alpha value is -1.94. The number of hydrogen-bond donors (Lipinski definition) is 0. The molecule has 0 amide bonds. The zero-order chi connectivity index (χ0) is 17.5. The second-order valence-corrected chi connectivity index (χ2v) is 7.21. The van der Waals surface area contributed by atoms with Gasteiger partial charge in [0.05, 0.1) is 0 Å². The van der Waals surface area contributed by atoms with E-state index in [0.717, 1.165) is 22.0 Å². The van der Waals surface area contributed by atoms with Crippen LogP contribution in [-0.4, -0.2) is 10.1 Å². The van der Waals surface area contributed by atoms with Crippen molar-refractivity contribution in [3.8, 4) is 22.8 Å². The molecule has 2 aromatic carbocycles. The predicted octanol–water partition coefficient (Wildman–Crippen LogP) is 6.68. The summed E-state index contributed by atoms with van der Waals surface area (Å²) in [4.78, 5) is 4.52. The molecule has 0 aliphatic rings. The molecule has 0 bridgehead atoms. The van der Waals surface area contributed by atoms with Gasteiger partial charge >= 0.3 is 0 Å². The molecule has 0 aliphatic heterocycles. The third kappa shape index (κ3) is 5.02. The second-order valence-electron chi connectivity index (χ2n) is 6.29. The van der Waals surface area contributed by atoms with E-state index >= 15 is 0 Å². The van der Waals surface area contributed by atoms with Crippen LogP contribution in [0.5, 0.6) is 0 Å². The summed E-state index contributed by atoms with van der Waals surface area (Å²) in [6, 6.07) is 16.4. The molecule has 0 saturated heterocycles. The van der Waals surface area contributed by atoms with Crippen LogP contribution < -0.4 is 0 Å². The molecule has 0 aliphatic carbocycles. The number of aromatic nitrogens is 2. The number of benzene rings is 2. The zero-order valence-electron chi connectivity index (χ0n) is 14.5. The average molecular weight is 399 g/mol. The summed E-state index contributed by atoms with van der Waals surface area (Å²) < 4.78 is 6.40. The lowest BCUT2D eigenvalue weighted by Crippen LogP contribution is -1.87. The molecule has 0 N–H and O–H groups in total. The van der Waals surface area contributed by atoms with Crippen molar-refractivity contribution in [3.63, 3.8) is 0 Å². The quantitative estimate of drug-likeness (QED) is 0.397. The molecule has 3 aromatic rings. The van der Waals surface area contributed by atoms with Gasteiger partial charge in [0.1, 0.15) is 0 Å². The van der Waals surface area contributed by atoms with Crippen LogP contribution in [0, 0.1) is 0 Å². The summed E-state index contributed by atoms with van der Waals surface area (Å²) in [5.74, 6) is 1.17. The Balaban J connectivity index is 1.63. The molecule has 0 fully saturated rings. The van der Waals surface area contributed by atoms with Gasteiger partial charge in [-0.05, 0) is 36.6 Å². The highest BCUT2D eigenvalue weighted by Gasteiger charge is 2.10. The monoisotopic (exact) mass is 398 g/mol. The Morgan fingerprint density at radius 2 is 1.72 bits per heavy atom. The van der Waals surface area contributed by atoms with Crippen LogP contribution in [0.2, 0.25) is 0 Å². The first-order valence-corrected chi connectivity index (χ1v) is 9.74. The topological polar surface area (TPSA) is 38.9 Å². The fourth-order valence-corrected chi connectivity index (χ4v) is 3.23. The van der Waals surface area contributed by atoms with E-state index in [9.17, 15) is 0 Å². The minimum atomic E-state index is 0.538. The van der Waals surface area contributed by atoms with Crippen LogP contribution in [0.15, 0.2) is 57.5 Å². The summed E-state index contributed by atoms with van der Waals surface area (Å²) in [5, 5.41) is 4.12. The fourth-order valence-electron chi connectivity index (χ4n) is 2.83. The van der Waals surface area contributed by atoms with Crippen LogP contribution in [-0.2, 0) is 6.42 Å². The van der Waals surface area contributed by atoms with Crippen LogP contribution in [0.1, 0.15) is 44.6 Å². The Bertz CT molecular complexity index is 796. The van der Waals surface area contributed by atoms with Gasteiger partial charge in [-0.15, -0.1) is 0 Å². The van der Waals surface area contributed by atoms with Crippen molar-refractivity contribution in [3.05, 3.63) is 58.6 Å². The lowest BCUT2D eigenvalue weighted by Gasteiger charge is -2.02. The van der Waals surface area contributed by atoms with E-state index in [1.807, 2.05) is 24.3 Å². The van der Waals surface area contributed by atoms with Crippen LogP contribution in [0.4, 0.5) is 0 Å². The smallest absolute Gasteiger partial charge is 0.258 e. The molecular formula is C21H23BrN2O. The van der Waals surface area contributed by atoms with Gasteiger partial charge in [-0.25, -0.2) is 0 Å². The molecule has 0 spiro atoms. The van der Waals surface area contributed by atoms with Crippen LogP contribution in [0.25, 0.3) is 22.8 Å². The van der Waals surface area contributed by atoms with E-state index in [2.05, 4.69) is 57.3 Å². The van der Waals surface area contributed by atoms with Crippen molar-refractivity contribution in [2.45, 2.75) is 45.4 Å². The maximum absolute atomic E-state index is 5.41. The highest BCUT2D eigenvalue weighted by molar-refractivity contribution is 9.10. The third-order valence-corrected chi connectivity index (χ3v) is 4.77. The van der Waals surface area contributed by atoms with Crippen LogP contribution in [0.3, 0.4) is 0 Å². The van der Waals surface area contributed by atoms with Gasteiger partial charge in [-0.2, -0.15) is 4.98 Å². The Labute approximate surface area is 157 Å². The van der Waals surface area contributed by atoms with E-state index in [1.54, 1.807) is 0 Å². The molecule has 4 heteroatoms. The summed E-state index contributed by atoms with van der Waals surface area (Å²) in [5.41, 5.74) is 3.27. The molecule has 1 aromatic heterocycles. The summed E-state index contributed by atoms with van der Waals surface area (Å²) in [6.45, 7) is 2.25. The Kier molecular flexibility index (Phi) is 6.40. The van der Waals surface area contributed by atoms with Gasteiger partial charge < -0.3 is 4.52 Å². The summed E-state index contributed by atoms with van der Waals surface area (Å²) in [6.07, 6.45) is 7.69. The number of nitrogens with zero attached hydrogens (tertiary/aromatic N) is 2. The molecule has 25 heavy (non-hydrogen) atoms. The van der Waals surface area contributed by atoms with Gasteiger partial charge in [0.25, 0.3) is 5.89 Å². The molecule has 0 radical (unpaired) electrons. The predicted molar refractivity (Wildman–Crippen MR) is 105 cm³/mol. The van der Waals surface area contributed by atoms with Gasteiger partial charge in [0.2, 0.25) is 5.82 Å². The molecule has 3 rings (SSSR count). The molecule has 1 heterocycles. The van der Waals surface area contributed by atoms with E-state index in [1.165, 1.54) is 37.7 Å². The van der Waals surface area contributed by atoms with E-state index in [0.29, 0.717) is 11.7 Å². The SMILES string of the molecule is CCCCCCCc1ccc(-c2noc(-c3cccc(Br)c3)n2)cc1. The fraction of sp³-hybridized carbons (Fsp3) is 0.333. The van der Waals surface area contributed by atoms with Crippen molar-refractivity contribution in [1.29, 1.82) is 0 Å². The average Bonchev–Trinajstić information content (AvgIpc) is 3.12. The van der Waals surface area contributed by atoms with E-state index < -0.39 is 0 Å². The van der Waals surface area contributed by atoms with Crippen LogP contribution >= 0.6 is 15.9 Å². The normalized spacial score (nSPS) is 11.0. The van der Waals surface area contributed by atoms with Crippen molar-refractivity contribution in [2.75, 3.05) is 0 Å².